The minimum atomic E-state index is -0.402. The fraction of sp³-hybridized carbons (Fsp3) is 0.414. The van der Waals surface area contributed by atoms with Crippen LogP contribution in [0, 0.1) is 22.7 Å². The summed E-state index contributed by atoms with van der Waals surface area (Å²) in [4.78, 5) is 26.8. The van der Waals surface area contributed by atoms with Crippen LogP contribution in [0.4, 0.5) is 5.00 Å². The van der Waals surface area contributed by atoms with Crippen LogP contribution >= 0.6 is 23.1 Å². The lowest BCUT2D eigenvalue weighted by molar-refractivity contribution is -0.113. The van der Waals surface area contributed by atoms with Gasteiger partial charge in [-0.1, -0.05) is 56.8 Å². The molecule has 0 spiro atoms. The number of anilines is 1. The van der Waals surface area contributed by atoms with E-state index in [1.807, 2.05) is 29.7 Å². The Bertz CT molecular complexity index is 1400. The summed E-state index contributed by atoms with van der Waals surface area (Å²) in [5.74, 6) is 0.832. The maximum Gasteiger partial charge on any atom is 0.251 e. The van der Waals surface area contributed by atoms with Crippen LogP contribution in [-0.2, 0) is 24.2 Å². The molecule has 0 radical (unpaired) electrons. The molecule has 204 valence electrons. The zero-order valence-electron chi connectivity index (χ0n) is 22.8. The van der Waals surface area contributed by atoms with Crippen molar-refractivity contribution in [1.29, 1.82) is 5.26 Å². The number of nitrogens with one attached hydrogen (secondary N) is 2. The minimum Gasteiger partial charge on any atom is -0.342 e. The second-order valence-corrected chi connectivity index (χ2v) is 12.8. The van der Waals surface area contributed by atoms with Crippen molar-refractivity contribution in [2.45, 2.75) is 64.7 Å². The van der Waals surface area contributed by atoms with Crippen LogP contribution in [0.15, 0.2) is 48.1 Å². The molecular weight excluding hydrogens is 528 g/mol. The van der Waals surface area contributed by atoms with E-state index in [4.69, 9.17) is 0 Å². The summed E-state index contributed by atoms with van der Waals surface area (Å²) in [7, 11) is 0. The van der Waals surface area contributed by atoms with Gasteiger partial charge < -0.3 is 15.2 Å². The van der Waals surface area contributed by atoms with Crippen molar-refractivity contribution >= 4 is 39.9 Å². The zero-order valence-corrected chi connectivity index (χ0v) is 24.4. The average molecular weight is 563 g/mol. The van der Waals surface area contributed by atoms with Crippen molar-refractivity contribution in [1.82, 2.24) is 20.1 Å². The standard InChI is InChI=1S/C29H34N6O2S2/c1-6-14-35-25(18(2)31-26(37)19-10-8-7-9-11-19)33-34-28(35)38-17-24(36)32-27-22(16-30)21-13-12-20(29(3,4)5)15-23(21)39-27/h6-11,18,20H,1,12-15,17H2,2-5H3,(H,31,37)(H,32,36)/t18-,20+/m0/s1. The van der Waals surface area contributed by atoms with Crippen molar-refractivity contribution in [3.05, 3.63) is 70.4 Å². The first-order chi connectivity index (χ1) is 18.6. The predicted octanol–water partition coefficient (Wildman–Crippen LogP) is 5.77. The summed E-state index contributed by atoms with van der Waals surface area (Å²) in [5.41, 5.74) is 2.45. The van der Waals surface area contributed by atoms with Crippen LogP contribution in [0.1, 0.15) is 72.3 Å². The van der Waals surface area contributed by atoms with Gasteiger partial charge in [-0.25, -0.2) is 0 Å². The van der Waals surface area contributed by atoms with Gasteiger partial charge in [0.25, 0.3) is 5.91 Å². The highest BCUT2D eigenvalue weighted by atomic mass is 32.2. The normalized spacial score (nSPS) is 15.6. The summed E-state index contributed by atoms with van der Waals surface area (Å²) >= 11 is 2.79. The highest BCUT2D eigenvalue weighted by molar-refractivity contribution is 7.99. The summed E-state index contributed by atoms with van der Waals surface area (Å²) in [5, 5.41) is 25.5. The van der Waals surface area contributed by atoms with Crippen molar-refractivity contribution in [2.24, 2.45) is 11.3 Å². The highest BCUT2D eigenvalue weighted by Crippen LogP contribution is 2.44. The fourth-order valence-electron chi connectivity index (χ4n) is 4.79. The molecule has 0 unspecified atom stereocenters. The molecule has 10 heteroatoms. The number of thioether (sulfide) groups is 1. The van der Waals surface area contributed by atoms with Gasteiger partial charge in [-0.2, -0.15) is 5.26 Å². The molecule has 1 aliphatic carbocycles. The van der Waals surface area contributed by atoms with Crippen LogP contribution in [0.2, 0.25) is 0 Å². The number of hydrogen-bond acceptors (Lipinski definition) is 7. The number of carbonyl (C=O) groups is 2. The molecule has 2 N–H and O–H groups in total. The first-order valence-electron chi connectivity index (χ1n) is 13.0. The lowest BCUT2D eigenvalue weighted by Crippen LogP contribution is -2.28. The van der Waals surface area contributed by atoms with E-state index in [2.05, 4.69) is 54.3 Å². The van der Waals surface area contributed by atoms with E-state index in [1.165, 1.54) is 28.0 Å². The highest BCUT2D eigenvalue weighted by Gasteiger charge is 2.32. The molecule has 1 aliphatic rings. The van der Waals surface area contributed by atoms with E-state index < -0.39 is 6.04 Å². The second-order valence-electron chi connectivity index (χ2n) is 10.8. The summed E-state index contributed by atoms with van der Waals surface area (Å²) in [6, 6.07) is 10.9. The van der Waals surface area contributed by atoms with Crippen LogP contribution in [0.3, 0.4) is 0 Å². The summed E-state index contributed by atoms with van der Waals surface area (Å²) in [6.45, 7) is 12.9. The van der Waals surface area contributed by atoms with E-state index in [9.17, 15) is 14.9 Å². The summed E-state index contributed by atoms with van der Waals surface area (Å²) < 4.78 is 1.85. The number of carbonyl (C=O) groups excluding carboxylic acids is 2. The van der Waals surface area contributed by atoms with Gasteiger partial charge in [0.15, 0.2) is 11.0 Å². The number of rotatable bonds is 9. The van der Waals surface area contributed by atoms with Gasteiger partial charge >= 0.3 is 0 Å². The Kier molecular flexibility index (Phi) is 8.93. The van der Waals surface area contributed by atoms with Gasteiger partial charge in [0.05, 0.1) is 17.4 Å². The Balaban J connectivity index is 1.42. The molecule has 2 heterocycles. The van der Waals surface area contributed by atoms with Crippen LogP contribution in [0.25, 0.3) is 0 Å². The number of nitrogens with zero attached hydrogens (tertiary/aromatic N) is 4. The largest absolute Gasteiger partial charge is 0.342 e. The Morgan fingerprint density at radius 2 is 2.05 bits per heavy atom. The van der Waals surface area contributed by atoms with Gasteiger partial charge in [0, 0.05) is 17.0 Å². The maximum absolute atomic E-state index is 12.9. The fourth-order valence-corrected chi connectivity index (χ4v) is 6.83. The zero-order chi connectivity index (χ0) is 28.2. The Morgan fingerprint density at radius 1 is 1.31 bits per heavy atom. The molecule has 0 bridgehead atoms. The van der Waals surface area contributed by atoms with Gasteiger partial charge in [-0.15, -0.1) is 28.1 Å². The molecule has 0 saturated heterocycles. The Morgan fingerprint density at radius 3 is 2.72 bits per heavy atom. The molecule has 3 aromatic rings. The molecule has 1 aromatic carbocycles. The number of thiophene rings is 1. The quantitative estimate of drug-likeness (QED) is 0.253. The molecule has 4 rings (SSSR count). The topological polar surface area (TPSA) is 113 Å². The SMILES string of the molecule is C=CCn1c(SCC(=O)Nc2sc3c(c2C#N)CC[C@@H](C(C)(C)C)C3)nnc1[C@H](C)NC(=O)c1ccccc1. The van der Waals surface area contributed by atoms with E-state index >= 15 is 0 Å². The molecule has 8 nitrogen and oxygen atoms in total. The number of aromatic nitrogens is 3. The van der Waals surface area contributed by atoms with Crippen molar-refractivity contribution in [3.8, 4) is 6.07 Å². The van der Waals surface area contributed by atoms with E-state index in [0.717, 1.165) is 24.8 Å². The van der Waals surface area contributed by atoms with Crippen LogP contribution < -0.4 is 10.6 Å². The van der Waals surface area contributed by atoms with Crippen molar-refractivity contribution in [3.63, 3.8) is 0 Å². The number of hydrogen-bond donors (Lipinski definition) is 2. The van der Waals surface area contributed by atoms with E-state index in [1.54, 1.807) is 18.2 Å². The number of amides is 2. The van der Waals surface area contributed by atoms with Crippen molar-refractivity contribution < 1.29 is 9.59 Å². The molecule has 0 fully saturated rings. The average Bonchev–Trinajstić information content (AvgIpc) is 3.47. The molecule has 0 aliphatic heterocycles. The first-order valence-corrected chi connectivity index (χ1v) is 14.8. The lowest BCUT2D eigenvalue weighted by Gasteiger charge is -2.33. The smallest absolute Gasteiger partial charge is 0.251 e. The number of nitriles is 1. The number of benzene rings is 1. The molecular formula is C29H34N6O2S2. The lowest BCUT2D eigenvalue weighted by atomic mass is 9.72. The van der Waals surface area contributed by atoms with Crippen LogP contribution in [-0.4, -0.2) is 32.3 Å². The monoisotopic (exact) mass is 562 g/mol. The van der Waals surface area contributed by atoms with Crippen molar-refractivity contribution in [2.75, 3.05) is 11.1 Å². The molecule has 39 heavy (non-hydrogen) atoms. The van der Waals surface area contributed by atoms with Gasteiger partial charge in [0.1, 0.15) is 11.1 Å². The third-order valence-corrected chi connectivity index (χ3v) is 9.15. The van der Waals surface area contributed by atoms with Crippen LogP contribution in [0.5, 0.6) is 0 Å². The van der Waals surface area contributed by atoms with E-state index in [0.29, 0.717) is 39.6 Å². The summed E-state index contributed by atoms with van der Waals surface area (Å²) in [6.07, 6.45) is 4.59. The minimum absolute atomic E-state index is 0.109. The Hall–Kier alpha value is -3.42. The van der Waals surface area contributed by atoms with E-state index in [-0.39, 0.29) is 23.0 Å². The molecule has 2 atom stereocenters. The van der Waals surface area contributed by atoms with Gasteiger partial charge in [-0.05, 0) is 55.2 Å². The second kappa shape index (κ2) is 12.2. The third kappa shape index (κ3) is 6.60. The Labute approximate surface area is 237 Å². The number of allylic oxidation sites excluding steroid dienone is 1. The first kappa shape index (κ1) is 28.6. The predicted molar refractivity (Wildman–Crippen MR) is 156 cm³/mol. The maximum atomic E-state index is 12.9. The number of fused-ring (bicyclic) bond motifs is 1. The molecule has 0 saturated carbocycles. The van der Waals surface area contributed by atoms with Gasteiger partial charge in [0.2, 0.25) is 5.91 Å². The third-order valence-electron chi connectivity index (χ3n) is 7.02. The molecule has 2 amide bonds. The molecule has 2 aromatic heterocycles. The van der Waals surface area contributed by atoms with Gasteiger partial charge in [-0.3, -0.25) is 9.59 Å².